The first-order valence-corrected chi connectivity index (χ1v) is 3.93. The second kappa shape index (κ2) is 2.86. The van der Waals surface area contributed by atoms with Crippen LogP contribution in [0.15, 0.2) is 29.2 Å². The molecule has 0 spiro atoms. The fourth-order valence-electron chi connectivity index (χ4n) is 0.858. The monoisotopic (exact) mass is 170 g/mol. The minimum atomic E-state index is -1.25. The SMILES string of the molecule is CC(C)(F)c1ccc(S)cc1. The summed E-state index contributed by atoms with van der Waals surface area (Å²) in [4.78, 5) is 0.859. The average Bonchev–Trinajstić information content (AvgIpc) is 1.86. The molecular formula is C9H11FS. The summed E-state index contributed by atoms with van der Waals surface area (Å²) >= 11 is 4.10. The van der Waals surface area contributed by atoms with Crippen LogP contribution in [0.2, 0.25) is 0 Å². The molecule has 0 heterocycles. The minimum Gasteiger partial charge on any atom is -0.239 e. The third kappa shape index (κ3) is 2.22. The van der Waals surface area contributed by atoms with E-state index < -0.39 is 5.67 Å². The van der Waals surface area contributed by atoms with Crippen molar-refractivity contribution < 1.29 is 4.39 Å². The molecule has 0 radical (unpaired) electrons. The van der Waals surface area contributed by atoms with Gasteiger partial charge in [-0.05, 0) is 31.5 Å². The minimum absolute atomic E-state index is 0.690. The van der Waals surface area contributed by atoms with Gasteiger partial charge in [0.1, 0.15) is 5.67 Å². The molecule has 1 aromatic rings. The molecular weight excluding hydrogens is 159 g/mol. The molecule has 0 aliphatic heterocycles. The van der Waals surface area contributed by atoms with Crippen LogP contribution >= 0.6 is 12.6 Å². The molecule has 0 atom stereocenters. The van der Waals surface area contributed by atoms with Crippen molar-refractivity contribution in [1.82, 2.24) is 0 Å². The van der Waals surface area contributed by atoms with Crippen molar-refractivity contribution in [1.29, 1.82) is 0 Å². The van der Waals surface area contributed by atoms with E-state index in [9.17, 15) is 4.39 Å². The van der Waals surface area contributed by atoms with Crippen LogP contribution in [0.1, 0.15) is 19.4 Å². The lowest BCUT2D eigenvalue weighted by Gasteiger charge is -2.13. The smallest absolute Gasteiger partial charge is 0.130 e. The van der Waals surface area contributed by atoms with E-state index >= 15 is 0 Å². The lowest BCUT2D eigenvalue weighted by atomic mass is 10.0. The summed E-state index contributed by atoms with van der Waals surface area (Å²) in [7, 11) is 0. The van der Waals surface area contributed by atoms with E-state index in [4.69, 9.17) is 0 Å². The maximum Gasteiger partial charge on any atom is 0.130 e. The summed E-state index contributed by atoms with van der Waals surface area (Å²) in [5, 5.41) is 0. The highest BCUT2D eigenvalue weighted by Gasteiger charge is 2.17. The van der Waals surface area contributed by atoms with Gasteiger partial charge in [0.15, 0.2) is 0 Å². The highest BCUT2D eigenvalue weighted by molar-refractivity contribution is 7.80. The molecule has 2 heteroatoms. The normalized spacial score (nSPS) is 11.6. The number of hydrogen-bond donors (Lipinski definition) is 1. The standard InChI is InChI=1S/C9H11FS/c1-9(2,10)7-3-5-8(11)6-4-7/h3-6,11H,1-2H3. The molecule has 0 unspecified atom stereocenters. The predicted molar refractivity (Wildman–Crippen MR) is 47.8 cm³/mol. The van der Waals surface area contributed by atoms with Crippen molar-refractivity contribution in [3.63, 3.8) is 0 Å². The van der Waals surface area contributed by atoms with Gasteiger partial charge in [0.2, 0.25) is 0 Å². The van der Waals surface area contributed by atoms with Gasteiger partial charge in [-0.25, -0.2) is 4.39 Å². The molecule has 0 amide bonds. The van der Waals surface area contributed by atoms with Gasteiger partial charge in [0.05, 0.1) is 0 Å². The van der Waals surface area contributed by atoms with Crippen molar-refractivity contribution in [3.8, 4) is 0 Å². The molecule has 0 N–H and O–H groups in total. The Hall–Kier alpha value is -0.500. The van der Waals surface area contributed by atoms with Gasteiger partial charge >= 0.3 is 0 Å². The number of hydrogen-bond acceptors (Lipinski definition) is 1. The van der Waals surface area contributed by atoms with Crippen molar-refractivity contribution in [3.05, 3.63) is 29.8 Å². The Morgan fingerprint density at radius 3 is 2.00 bits per heavy atom. The second-order valence-corrected chi connectivity index (χ2v) is 3.54. The molecule has 1 aromatic carbocycles. The Labute approximate surface area is 71.8 Å². The van der Waals surface area contributed by atoms with Crippen molar-refractivity contribution >= 4 is 12.6 Å². The molecule has 0 fully saturated rings. The number of thiol groups is 1. The van der Waals surface area contributed by atoms with E-state index in [1.807, 2.05) is 0 Å². The molecule has 0 aliphatic rings. The molecule has 11 heavy (non-hydrogen) atoms. The lowest BCUT2D eigenvalue weighted by Crippen LogP contribution is -2.08. The van der Waals surface area contributed by atoms with E-state index in [1.54, 1.807) is 38.1 Å². The molecule has 0 bridgehead atoms. The van der Waals surface area contributed by atoms with E-state index in [0.29, 0.717) is 5.56 Å². The molecule has 1 rings (SSSR count). The Morgan fingerprint density at radius 2 is 1.64 bits per heavy atom. The topological polar surface area (TPSA) is 0 Å². The van der Waals surface area contributed by atoms with E-state index in [0.717, 1.165) is 4.90 Å². The summed E-state index contributed by atoms with van der Waals surface area (Å²) in [5.74, 6) is 0. The van der Waals surface area contributed by atoms with Crippen LogP contribution in [-0.2, 0) is 5.67 Å². The third-order valence-electron chi connectivity index (χ3n) is 1.55. The number of halogens is 1. The summed E-state index contributed by atoms with van der Waals surface area (Å²) < 4.78 is 13.2. The zero-order valence-corrected chi connectivity index (χ0v) is 7.53. The largest absolute Gasteiger partial charge is 0.239 e. The van der Waals surface area contributed by atoms with Gasteiger partial charge in [0.25, 0.3) is 0 Å². The van der Waals surface area contributed by atoms with Crippen LogP contribution in [0, 0.1) is 0 Å². The van der Waals surface area contributed by atoms with Crippen LogP contribution in [0.5, 0.6) is 0 Å². The van der Waals surface area contributed by atoms with Crippen molar-refractivity contribution in [2.24, 2.45) is 0 Å². The van der Waals surface area contributed by atoms with E-state index in [2.05, 4.69) is 12.6 Å². The molecule has 60 valence electrons. The maximum absolute atomic E-state index is 13.2. The Morgan fingerprint density at radius 1 is 1.18 bits per heavy atom. The first kappa shape index (κ1) is 8.60. The Bertz CT molecular complexity index is 233. The lowest BCUT2D eigenvalue weighted by molar-refractivity contribution is 0.221. The maximum atomic E-state index is 13.2. The second-order valence-electron chi connectivity index (χ2n) is 3.02. The average molecular weight is 170 g/mol. The van der Waals surface area contributed by atoms with Gasteiger partial charge in [-0.3, -0.25) is 0 Å². The van der Waals surface area contributed by atoms with Crippen LogP contribution in [0.25, 0.3) is 0 Å². The fourth-order valence-corrected chi connectivity index (χ4v) is 1.01. The van der Waals surface area contributed by atoms with Gasteiger partial charge in [-0.2, -0.15) is 0 Å². The third-order valence-corrected chi connectivity index (χ3v) is 1.85. The Kier molecular flexibility index (Phi) is 2.23. The summed E-state index contributed by atoms with van der Waals surface area (Å²) in [5.41, 5.74) is -0.558. The number of benzene rings is 1. The molecule has 0 saturated carbocycles. The predicted octanol–water partition coefficient (Wildman–Crippen LogP) is 3.18. The van der Waals surface area contributed by atoms with Crippen molar-refractivity contribution in [2.75, 3.05) is 0 Å². The van der Waals surface area contributed by atoms with Gasteiger partial charge in [-0.1, -0.05) is 12.1 Å². The fraction of sp³-hybridized carbons (Fsp3) is 0.333. The van der Waals surface area contributed by atoms with Crippen molar-refractivity contribution in [2.45, 2.75) is 24.4 Å². The first-order chi connectivity index (χ1) is 5.00. The van der Waals surface area contributed by atoms with Crippen LogP contribution in [-0.4, -0.2) is 0 Å². The highest BCUT2D eigenvalue weighted by atomic mass is 32.1. The summed E-state index contributed by atoms with van der Waals surface area (Å²) in [6.07, 6.45) is 0. The quantitative estimate of drug-likeness (QED) is 0.615. The van der Waals surface area contributed by atoms with Gasteiger partial charge < -0.3 is 0 Å². The highest BCUT2D eigenvalue weighted by Crippen LogP contribution is 2.24. The zero-order chi connectivity index (χ0) is 8.48. The summed E-state index contributed by atoms with van der Waals surface area (Å²) in [6.45, 7) is 3.08. The van der Waals surface area contributed by atoms with E-state index in [1.165, 1.54) is 0 Å². The molecule has 0 aromatic heterocycles. The summed E-state index contributed by atoms with van der Waals surface area (Å²) in [6, 6.07) is 7.09. The Balaban J connectivity index is 2.99. The van der Waals surface area contributed by atoms with Crippen LogP contribution in [0.3, 0.4) is 0 Å². The van der Waals surface area contributed by atoms with Gasteiger partial charge in [-0.15, -0.1) is 12.6 Å². The number of alkyl halides is 1. The van der Waals surface area contributed by atoms with Crippen LogP contribution in [0.4, 0.5) is 4.39 Å². The molecule has 0 saturated heterocycles. The van der Waals surface area contributed by atoms with E-state index in [-0.39, 0.29) is 0 Å². The molecule has 0 nitrogen and oxygen atoms in total. The van der Waals surface area contributed by atoms with Crippen LogP contribution < -0.4 is 0 Å². The first-order valence-electron chi connectivity index (χ1n) is 3.48. The number of rotatable bonds is 1. The zero-order valence-electron chi connectivity index (χ0n) is 6.63. The molecule has 0 aliphatic carbocycles. The van der Waals surface area contributed by atoms with Gasteiger partial charge in [0, 0.05) is 4.90 Å².